The van der Waals surface area contributed by atoms with Gasteiger partial charge in [0.15, 0.2) is 0 Å². The minimum absolute atomic E-state index is 0.105. The van der Waals surface area contributed by atoms with E-state index in [1.807, 2.05) is 0 Å². The number of amides is 1. The highest BCUT2D eigenvalue weighted by Crippen LogP contribution is 2.24. The normalized spacial score (nSPS) is 11.2. The summed E-state index contributed by atoms with van der Waals surface area (Å²) >= 11 is 1.31. The highest BCUT2D eigenvalue weighted by atomic mass is 32.1. The Balaban J connectivity index is 2.78. The van der Waals surface area contributed by atoms with Crippen molar-refractivity contribution in [3.63, 3.8) is 0 Å². The molecule has 0 aliphatic rings. The summed E-state index contributed by atoms with van der Waals surface area (Å²) in [6, 6.07) is 1.74. The first-order valence-electron chi connectivity index (χ1n) is 4.55. The van der Waals surface area contributed by atoms with Crippen molar-refractivity contribution in [3.05, 3.63) is 16.3 Å². The molecule has 0 aliphatic carbocycles. The lowest BCUT2D eigenvalue weighted by Gasteiger charge is -2.23. The summed E-state index contributed by atoms with van der Waals surface area (Å²) in [6.45, 7) is 3.41. The number of hydrogen-bond acceptors (Lipinski definition) is 4. The molecule has 0 saturated carbocycles. The maximum absolute atomic E-state index is 11.8. The Morgan fingerprint density at radius 2 is 2.33 bits per heavy atom. The summed E-state index contributed by atoms with van der Waals surface area (Å²) < 4.78 is 5.04. The molecule has 0 bridgehead atoms. The minimum atomic E-state index is -0.619. The SMILES string of the molecule is COc1ccsc1C(=O)NC(C)(C)CO. The molecule has 0 unspecified atom stereocenters. The fraction of sp³-hybridized carbons (Fsp3) is 0.500. The summed E-state index contributed by atoms with van der Waals surface area (Å²) in [5.41, 5.74) is -0.619. The number of ether oxygens (including phenoxy) is 1. The molecule has 0 aromatic carbocycles. The van der Waals surface area contributed by atoms with E-state index in [4.69, 9.17) is 9.84 Å². The summed E-state index contributed by atoms with van der Waals surface area (Å²) in [5, 5.41) is 13.5. The number of hydrogen-bond donors (Lipinski definition) is 2. The number of aliphatic hydroxyl groups excluding tert-OH is 1. The molecule has 15 heavy (non-hydrogen) atoms. The van der Waals surface area contributed by atoms with Crippen molar-refractivity contribution in [2.75, 3.05) is 13.7 Å². The Morgan fingerprint density at radius 3 is 2.87 bits per heavy atom. The van der Waals surface area contributed by atoms with Crippen molar-refractivity contribution in [2.24, 2.45) is 0 Å². The third kappa shape index (κ3) is 2.94. The van der Waals surface area contributed by atoms with Gasteiger partial charge in [-0.25, -0.2) is 0 Å². The zero-order valence-electron chi connectivity index (χ0n) is 9.03. The van der Waals surface area contributed by atoms with Crippen molar-refractivity contribution in [2.45, 2.75) is 19.4 Å². The van der Waals surface area contributed by atoms with E-state index in [1.54, 1.807) is 25.3 Å². The van der Waals surface area contributed by atoms with Crippen LogP contribution in [0, 0.1) is 0 Å². The average molecular weight is 229 g/mol. The second kappa shape index (κ2) is 4.63. The van der Waals surface area contributed by atoms with Crippen LogP contribution in [0.15, 0.2) is 11.4 Å². The minimum Gasteiger partial charge on any atom is -0.495 e. The molecule has 5 heteroatoms. The lowest BCUT2D eigenvalue weighted by atomic mass is 10.1. The van der Waals surface area contributed by atoms with Crippen LogP contribution in [0.3, 0.4) is 0 Å². The third-order valence-corrected chi connectivity index (χ3v) is 2.80. The lowest BCUT2D eigenvalue weighted by Crippen LogP contribution is -2.46. The third-order valence-electron chi connectivity index (χ3n) is 1.90. The molecule has 1 aromatic heterocycles. The van der Waals surface area contributed by atoms with Crippen LogP contribution < -0.4 is 10.1 Å². The fourth-order valence-electron chi connectivity index (χ4n) is 1.03. The van der Waals surface area contributed by atoms with Gasteiger partial charge in [-0.05, 0) is 25.3 Å². The Morgan fingerprint density at radius 1 is 1.67 bits per heavy atom. The predicted molar refractivity (Wildman–Crippen MR) is 59.5 cm³/mol. The molecule has 1 amide bonds. The van der Waals surface area contributed by atoms with Crippen LogP contribution in [0.4, 0.5) is 0 Å². The number of nitrogens with one attached hydrogen (secondary N) is 1. The van der Waals surface area contributed by atoms with Gasteiger partial charge in [-0.2, -0.15) is 0 Å². The molecule has 0 saturated heterocycles. The maximum atomic E-state index is 11.8. The van der Waals surface area contributed by atoms with Gasteiger partial charge in [0.05, 0.1) is 19.3 Å². The molecule has 0 radical (unpaired) electrons. The van der Waals surface area contributed by atoms with E-state index in [0.29, 0.717) is 10.6 Å². The van der Waals surface area contributed by atoms with Crippen LogP contribution in [0.5, 0.6) is 5.75 Å². The number of rotatable bonds is 4. The van der Waals surface area contributed by atoms with Gasteiger partial charge in [0.1, 0.15) is 10.6 Å². The number of methoxy groups -OCH3 is 1. The second-order valence-electron chi connectivity index (χ2n) is 3.81. The molecule has 84 valence electrons. The number of thiophene rings is 1. The lowest BCUT2D eigenvalue weighted by molar-refractivity contribution is 0.0871. The molecule has 0 fully saturated rings. The molecule has 0 spiro atoms. The number of aliphatic hydroxyl groups is 1. The number of carbonyl (C=O) groups is 1. The van der Waals surface area contributed by atoms with E-state index >= 15 is 0 Å². The topological polar surface area (TPSA) is 58.6 Å². The van der Waals surface area contributed by atoms with Crippen molar-refractivity contribution in [1.29, 1.82) is 0 Å². The Kier molecular flexibility index (Phi) is 3.71. The molecular formula is C10H15NO3S. The van der Waals surface area contributed by atoms with Gasteiger partial charge >= 0.3 is 0 Å². The first-order chi connectivity index (χ1) is 7.00. The second-order valence-corrected chi connectivity index (χ2v) is 4.73. The molecule has 1 rings (SSSR count). The Bertz CT molecular complexity index is 346. The van der Waals surface area contributed by atoms with E-state index < -0.39 is 5.54 Å². The van der Waals surface area contributed by atoms with Crippen LogP contribution in [0.25, 0.3) is 0 Å². The van der Waals surface area contributed by atoms with Crippen molar-refractivity contribution in [1.82, 2.24) is 5.32 Å². The van der Waals surface area contributed by atoms with Crippen LogP contribution >= 0.6 is 11.3 Å². The molecule has 0 atom stereocenters. The standard InChI is InChI=1S/C10H15NO3S/c1-10(2,6-12)11-9(13)8-7(14-3)4-5-15-8/h4-5,12H,6H2,1-3H3,(H,11,13). The Labute approximate surface area is 92.9 Å². The summed E-state index contributed by atoms with van der Waals surface area (Å²) in [4.78, 5) is 12.3. The maximum Gasteiger partial charge on any atom is 0.265 e. The molecule has 2 N–H and O–H groups in total. The van der Waals surface area contributed by atoms with Gasteiger partial charge in [0.25, 0.3) is 5.91 Å². The zero-order valence-corrected chi connectivity index (χ0v) is 9.85. The molecule has 4 nitrogen and oxygen atoms in total. The highest BCUT2D eigenvalue weighted by molar-refractivity contribution is 7.12. The van der Waals surface area contributed by atoms with E-state index in [2.05, 4.69) is 5.32 Å². The molecule has 1 heterocycles. The fourth-order valence-corrected chi connectivity index (χ4v) is 1.78. The van der Waals surface area contributed by atoms with Gasteiger partial charge in [-0.3, -0.25) is 4.79 Å². The van der Waals surface area contributed by atoms with E-state index in [-0.39, 0.29) is 12.5 Å². The monoisotopic (exact) mass is 229 g/mol. The van der Waals surface area contributed by atoms with Crippen LogP contribution in [0.2, 0.25) is 0 Å². The Hall–Kier alpha value is -1.07. The summed E-state index contributed by atoms with van der Waals surface area (Å²) in [6.07, 6.45) is 0. The largest absolute Gasteiger partial charge is 0.495 e. The van der Waals surface area contributed by atoms with Crippen LogP contribution in [-0.4, -0.2) is 30.3 Å². The van der Waals surface area contributed by atoms with Gasteiger partial charge in [-0.15, -0.1) is 11.3 Å². The molecule has 1 aromatic rings. The quantitative estimate of drug-likeness (QED) is 0.817. The van der Waals surface area contributed by atoms with E-state index in [1.165, 1.54) is 18.4 Å². The number of carbonyl (C=O) groups excluding carboxylic acids is 1. The van der Waals surface area contributed by atoms with E-state index in [0.717, 1.165) is 0 Å². The van der Waals surface area contributed by atoms with Gasteiger partial charge in [0, 0.05) is 0 Å². The molecule has 0 aliphatic heterocycles. The molecular weight excluding hydrogens is 214 g/mol. The summed E-state index contributed by atoms with van der Waals surface area (Å²) in [7, 11) is 1.52. The van der Waals surface area contributed by atoms with Gasteiger partial charge in [-0.1, -0.05) is 0 Å². The highest BCUT2D eigenvalue weighted by Gasteiger charge is 2.22. The van der Waals surface area contributed by atoms with Gasteiger partial charge in [0.2, 0.25) is 0 Å². The zero-order chi connectivity index (χ0) is 11.5. The van der Waals surface area contributed by atoms with Crippen molar-refractivity contribution in [3.8, 4) is 5.75 Å². The van der Waals surface area contributed by atoms with Gasteiger partial charge < -0.3 is 15.2 Å². The smallest absolute Gasteiger partial charge is 0.265 e. The first kappa shape index (κ1) is 12.0. The van der Waals surface area contributed by atoms with Crippen molar-refractivity contribution >= 4 is 17.2 Å². The first-order valence-corrected chi connectivity index (χ1v) is 5.43. The summed E-state index contributed by atoms with van der Waals surface area (Å²) in [5.74, 6) is 0.340. The van der Waals surface area contributed by atoms with E-state index in [9.17, 15) is 4.79 Å². The van der Waals surface area contributed by atoms with Crippen LogP contribution in [0.1, 0.15) is 23.5 Å². The predicted octanol–water partition coefficient (Wildman–Crippen LogP) is 1.26. The average Bonchev–Trinajstić information content (AvgIpc) is 2.64. The van der Waals surface area contributed by atoms with Crippen LogP contribution in [-0.2, 0) is 0 Å². The van der Waals surface area contributed by atoms with Crippen molar-refractivity contribution < 1.29 is 14.6 Å².